The monoisotopic (exact) mass is 305 g/mol. The Balaban J connectivity index is 1.75. The fraction of sp³-hybridized carbons (Fsp3) is 0.333. The fourth-order valence-electron chi connectivity index (χ4n) is 2.42. The maximum Gasteiger partial charge on any atom is 0.257 e. The van der Waals surface area contributed by atoms with Crippen LogP contribution in [-0.4, -0.2) is 44.9 Å². The lowest BCUT2D eigenvalue weighted by Gasteiger charge is -2.29. The van der Waals surface area contributed by atoms with E-state index in [4.69, 9.17) is 11.6 Å². The topological polar surface area (TPSA) is 58.4 Å². The zero-order valence-electron chi connectivity index (χ0n) is 11.4. The van der Waals surface area contributed by atoms with Crippen molar-refractivity contribution in [3.8, 4) is 5.69 Å². The predicted octanol–water partition coefficient (Wildman–Crippen LogP) is 2.12. The number of aliphatic hydroxyl groups excluding tert-OH is 1. The first-order valence-corrected chi connectivity index (χ1v) is 7.29. The average molecular weight is 306 g/mol. The first kappa shape index (κ1) is 14.1. The lowest BCUT2D eigenvalue weighted by atomic mass is 10.1. The summed E-state index contributed by atoms with van der Waals surface area (Å²) in [5, 5.41) is 14.4. The van der Waals surface area contributed by atoms with E-state index in [1.165, 1.54) is 0 Å². The summed E-state index contributed by atoms with van der Waals surface area (Å²) in [7, 11) is 0. The number of carbonyl (C=O) groups excluding carboxylic acids is 1. The Bertz CT molecular complexity index is 631. The third kappa shape index (κ3) is 3.09. The summed E-state index contributed by atoms with van der Waals surface area (Å²) < 4.78 is 1.66. The zero-order chi connectivity index (χ0) is 14.8. The van der Waals surface area contributed by atoms with Crippen molar-refractivity contribution in [1.82, 2.24) is 14.7 Å². The van der Waals surface area contributed by atoms with Gasteiger partial charge in [-0.25, -0.2) is 4.68 Å². The molecule has 0 radical (unpaired) electrons. The SMILES string of the molecule is O=C(c1cnn(-c2ccc(Cl)cc2)c1)N1CCC(O)CC1. The molecular weight excluding hydrogens is 290 g/mol. The summed E-state index contributed by atoms with van der Waals surface area (Å²) in [5.74, 6) is -0.0397. The van der Waals surface area contributed by atoms with Crippen LogP contribution < -0.4 is 0 Å². The van der Waals surface area contributed by atoms with Crippen molar-refractivity contribution in [2.75, 3.05) is 13.1 Å². The quantitative estimate of drug-likeness (QED) is 0.924. The van der Waals surface area contributed by atoms with Gasteiger partial charge in [0.05, 0.1) is 23.6 Å². The number of aliphatic hydroxyl groups is 1. The van der Waals surface area contributed by atoms with Crippen molar-refractivity contribution in [2.24, 2.45) is 0 Å². The van der Waals surface area contributed by atoms with E-state index in [2.05, 4.69) is 5.10 Å². The molecule has 110 valence electrons. The molecule has 3 rings (SSSR count). The van der Waals surface area contributed by atoms with E-state index in [0.717, 1.165) is 5.69 Å². The number of likely N-dealkylation sites (tertiary alicyclic amines) is 1. The number of hydrogen-bond donors (Lipinski definition) is 1. The van der Waals surface area contributed by atoms with Crippen LogP contribution in [0.3, 0.4) is 0 Å². The minimum Gasteiger partial charge on any atom is -0.393 e. The lowest BCUT2D eigenvalue weighted by Crippen LogP contribution is -2.39. The van der Waals surface area contributed by atoms with Crippen LogP contribution >= 0.6 is 11.6 Å². The molecule has 1 aromatic heterocycles. The number of benzene rings is 1. The highest BCUT2D eigenvalue weighted by atomic mass is 35.5. The molecule has 1 saturated heterocycles. The normalized spacial score (nSPS) is 16.2. The molecule has 5 nitrogen and oxygen atoms in total. The van der Waals surface area contributed by atoms with E-state index in [-0.39, 0.29) is 12.0 Å². The molecule has 1 aliphatic rings. The maximum atomic E-state index is 12.4. The highest BCUT2D eigenvalue weighted by Crippen LogP contribution is 2.16. The van der Waals surface area contributed by atoms with E-state index < -0.39 is 0 Å². The Morgan fingerprint density at radius 3 is 2.57 bits per heavy atom. The lowest BCUT2D eigenvalue weighted by molar-refractivity contribution is 0.0546. The summed E-state index contributed by atoms with van der Waals surface area (Å²) >= 11 is 5.86. The molecule has 21 heavy (non-hydrogen) atoms. The van der Waals surface area contributed by atoms with Gasteiger partial charge in [0.2, 0.25) is 0 Å². The predicted molar refractivity (Wildman–Crippen MR) is 79.7 cm³/mol. The summed E-state index contributed by atoms with van der Waals surface area (Å²) in [4.78, 5) is 14.1. The van der Waals surface area contributed by atoms with Gasteiger partial charge in [0.15, 0.2) is 0 Å². The number of halogens is 1. The summed E-state index contributed by atoms with van der Waals surface area (Å²) in [6, 6.07) is 7.26. The van der Waals surface area contributed by atoms with E-state index in [9.17, 15) is 9.90 Å². The van der Waals surface area contributed by atoms with Gasteiger partial charge in [-0.15, -0.1) is 0 Å². The number of carbonyl (C=O) groups is 1. The van der Waals surface area contributed by atoms with E-state index in [0.29, 0.717) is 36.5 Å². The molecule has 0 aliphatic carbocycles. The van der Waals surface area contributed by atoms with Gasteiger partial charge in [-0.3, -0.25) is 4.79 Å². The number of amides is 1. The van der Waals surface area contributed by atoms with Crippen LogP contribution in [0.25, 0.3) is 5.69 Å². The Kier molecular flexibility index (Phi) is 3.94. The van der Waals surface area contributed by atoms with Crippen LogP contribution in [0.5, 0.6) is 0 Å². The Hall–Kier alpha value is -1.85. The van der Waals surface area contributed by atoms with Crippen LogP contribution in [0.1, 0.15) is 23.2 Å². The second-order valence-corrected chi connectivity index (χ2v) is 5.61. The molecular formula is C15H16ClN3O2. The van der Waals surface area contributed by atoms with Crippen molar-refractivity contribution in [3.63, 3.8) is 0 Å². The minimum absolute atomic E-state index is 0.0397. The molecule has 2 heterocycles. The first-order chi connectivity index (χ1) is 10.1. The number of piperidine rings is 1. The second kappa shape index (κ2) is 5.87. The maximum absolute atomic E-state index is 12.4. The van der Waals surface area contributed by atoms with Crippen LogP contribution in [0.15, 0.2) is 36.7 Å². The molecule has 0 spiro atoms. The molecule has 1 fully saturated rings. The average Bonchev–Trinajstić information content (AvgIpc) is 2.98. The molecule has 0 unspecified atom stereocenters. The van der Waals surface area contributed by atoms with E-state index >= 15 is 0 Å². The van der Waals surface area contributed by atoms with Gasteiger partial charge in [0, 0.05) is 24.3 Å². The van der Waals surface area contributed by atoms with Gasteiger partial charge < -0.3 is 10.0 Å². The number of hydrogen-bond acceptors (Lipinski definition) is 3. The van der Waals surface area contributed by atoms with E-state index in [1.807, 2.05) is 12.1 Å². The summed E-state index contributed by atoms with van der Waals surface area (Å²) in [6.45, 7) is 1.18. The van der Waals surface area contributed by atoms with Gasteiger partial charge in [-0.2, -0.15) is 5.10 Å². The Morgan fingerprint density at radius 2 is 1.90 bits per heavy atom. The second-order valence-electron chi connectivity index (χ2n) is 5.17. The zero-order valence-corrected chi connectivity index (χ0v) is 12.2. The van der Waals surface area contributed by atoms with Gasteiger partial charge >= 0.3 is 0 Å². The van der Waals surface area contributed by atoms with Crippen LogP contribution in [0, 0.1) is 0 Å². The number of aromatic nitrogens is 2. The third-order valence-corrected chi connectivity index (χ3v) is 3.92. The molecule has 1 amide bonds. The standard InChI is InChI=1S/C15H16ClN3O2/c16-12-1-3-13(4-2-12)19-10-11(9-17-19)15(21)18-7-5-14(20)6-8-18/h1-4,9-10,14,20H,5-8H2. The molecule has 1 N–H and O–H groups in total. The van der Waals surface area contributed by atoms with Gasteiger partial charge in [-0.05, 0) is 37.1 Å². The Morgan fingerprint density at radius 1 is 1.24 bits per heavy atom. The largest absolute Gasteiger partial charge is 0.393 e. The molecule has 1 aliphatic heterocycles. The molecule has 2 aromatic rings. The Labute approximate surface area is 127 Å². The van der Waals surface area contributed by atoms with Gasteiger partial charge in [-0.1, -0.05) is 11.6 Å². The fourth-order valence-corrected chi connectivity index (χ4v) is 2.55. The van der Waals surface area contributed by atoms with Crippen molar-refractivity contribution >= 4 is 17.5 Å². The summed E-state index contributed by atoms with van der Waals surface area (Å²) in [5.41, 5.74) is 1.41. The van der Waals surface area contributed by atoms with Crippen molar-refractivity contribution in [3.05, 3.63) is 47.2 Å². The number of nitrogens with zero attached hydrogens (tertiary/aromatic N) is 3. The molecule has 0 saturated carbocycles. The van der Waals surface area contributed by atoms with Crippen LogP contribution in [-0.2, 0) is 0 Å². The number of rotatable bonds is 2. The van der Waals surface area contributed by atoms with Crippen LogP contribution in [0.4, 0.5) is 0 Å². The molecule has 0 bridgehead atoms. The van der Waals surface area contributed by atoms with Gasteiger partial charge in [0.1, 0.15) is 0 Å². The first-order valence-electron chi connectivity index (χ1n) is 6.91. The highest BCUT2D eigenvalue weighted by molar-refractivity contribution is 6.30. The third-order valence-electron chi connectivity index (χ3n) is 3.67. The van der Waals surface area contributed by atoms with E-state index in [1.54, 1.807) is 34.1 Å². The molecule has 0 atom stereocenters. The van der Waals surface area contributed by atoms with Crippen LogP contribution in [0.2, 0.25) is 5.02 Å². The highest BCUT2D eigenvalue weighted by Gasteiger charge is 2.23. The van der Waals surface area contributed by atoms with Crippen molar-refractivity contribution < 1.29 is 9.90 Å². The molecule has 6 heteroatoms. The van der Waals surface area contributed by atoms with Crippen molar-refractivity contribution in [2.45, 2.75) is 18.9 Å². The smallest absolute Gasteiger partial charge is 0.257 e. The molecule has 1 aromatic carbocycles. The van der Waals surface area contributed by atoms with Gasteiger partial charge in [0.25, 0.3) is 5.91 Å². The minimum atomic E-state index is -0.286. The summed E-state index contributed by atoms with van der Waals surface area (Å²) in [6.07, 6.45) is 4.28. The van der Waals surface area contributed by atoms with Crippen molar-refractivity contribution in [1.29, 1.82) is 0 Å².